The minimum atomic E-state index is -0.944. The predicted octanol–water partition coefficient (Wildman–Crippen LogP) is 1.75. The lowest BCUT2D eigenvalue weighted by atomic mass is 10.0. The summed E-state index contributed by atoms with van der Waals surface area (Å²) < 4.78 is 0. The van der Waals surface area contributed by atoms with Crippen molar-refractivity contribution in [3.63, 3.8) is 0 Å². The van der Waals surface area contributed by atoms with Crippen LogP contribution in [-0.2, 0) is 11.3 Å². The highest BCUT2D eigenvalue weighted by molar-refractivity contribution is 7.09. The van der Waals surface area contributed by atoms with E-state index in [1.54, 1.807) is 0 Å². The zero-order chi connectivity index (χ0) is 15.8. The Morgan fingerprint density at radius 2 is 2.14 bits per heavy atom. The number of aliphatic hydroxyl groups excluding tert-OH is 1. The van der Waals surface area contributed by atoms with Crippen LogP contribution >= 0.6 is 11.3 Å². The minimum Gasteiger partial charge on any atom is -0.481 e. The molecule has 1 unspecified atom stereocenters. The van der Waals surface area contributed by atoms with Crippen LogP contribution in [0.3, 0.4) is 0 Å². The molecule has 0 saturated carbocycles. The highest BCUT2D eigenvalue weighted by Gasteiger charge is 2.22. The van der Waals surface area contributed by atoms with Gasteiger partial charge in [-0.25, -0.2) is 4.79 Å². The van der Waals surface area contributed by atoms with E-state index >= 15 is 0 Å². The molecule has 7 heteroatoms. The maximum atomic E-state index is 12.3. The number of rotatable bonds is 8. The van der Waals surface area contributed by atoms with E-state index < -0.39 is 12.0 Å². The van der Waals surface area contributed by atoms with E-state index in [2.05, 4.69) is 5.32 Å². The number of urea groups is 1. The molecule has 0 aromatic carbocycles. The van der Waals surface area contributed by atoms with E-state index in [1.807, 2.05) is 31.4 Å². The summed E-state index contributed by atoms with van der Waals surface area (Å²) in [7, 11) is 0. The Morgan fingerprint density at radius 1 is 1.43 bits per heavy atom. The van der Waals surface area contributed by atoms with E-state index in [9.17, 15) is 9.59 Å². The number of carbonyl (C=O) groups excluding carboxylic acids is 1. The Hall–Kier alpha value is -1.60. The molecule has 1 aromatic heterocycles. The summed E-state index contributed by atoms with van der Waals surface area (Å²) >= 11 is 1.53. The van der Waals surface area contributed by atoms with Crippen LogP contribution in [0.15, 0.2) is 17.5 Å². The third-order valence-corrected chi connectivity index (χ3v) is 3.95. The molecule has 1 heterocycles. The molecule has 0 bridgehead atoms. The molecule has 0 aliphatic carbocycles. The van der Waals surface area contributed by atoms with Crippen molar-refractivity contribution in [3.8, 4) is 0 Å². The second-order valence-electron chi connectivity index (χ2n) is 5.12. The van der Waals surface area contributed by atoms with Crippen molar-refractivity contribution in [2.75, 3.05) is 13.2 Å². The topological polar surface area (TPSA) is 89.9 Å². The number of nitrogens with zero attached hydrogens (tertiary/aromatic N) is 1. The molecule has 118 valence electrons. The number of aliphatic carboxylic acids is 1. The number of carboxylic acids is 1. The van der Waals surface area contributed by atoms with E-state index in [1.165, 1.54) is 16.2 Å². The second kappa shape index (κ2) is 8.63. The Kier molecular flexibility index (Phi) is 7.18. The van der Waals surface area contributed by atoms with Gasteiger partial charge in [0.25, 0.3) is 0 Å². The molecular weight excluding hydrogens is 292 g/mol. The van der Waals surface area contributed by atoms with Gasteiger partial charge in [0, 0.05) is 17.5 Å². The Bertz CT molecular complexity index is 448. The minimum absolute atomic E-state index is 0.0164. The highest BCUT2D eigenvalue weighted by atomic mass is 32.1. The number of nitrogens with one attached hydrogen (secondary N) is 1. The Balaban J connectivity index is 2.68. The van der Waals surface area contributed by atoms with E-state index in [-0.39, 0.29) is 31.5 Å². The van der Waals surface area contributed by atoms with Crippen LogP contribution in [0.5, 0.6) is 0 Å². The Morgan fingerprint density at radius 3 is 2.62 bits per heavy atom. The number of hydrogen-bond donors (Lipinski definition) is 3. The first kappa shape index (κ1) is 17.5. The van der Waals surface area contributed by atoms with Gasteiger partial charge >= 0.3 is 12.0 Å². The van der Waals surface area contributed by atoms with Crippen LogP contribution in [0.1, 0.15) is 25.1 Å². The summed E-state index contributed by atoms with van der Waals surface area (Å²) in [5, 5.41) is 22.6. The first-order valence-electron chi connectivity index (χ1n) is 6.84. The maximum Gasteiger partial charge on any atom is 0.318 e. The second-order valence-corrected chi connectivity index (χ2v) is 6.15. The van der Waals surface area contributed by atoms with Crippen LogP contribution in [0.2, 0.25) is 0 Å². The molecule has 0 spiro atoms. The van der Waals surface area contributed by atoms with Gasteiger partial charge in [-0.05, 0) is 17.4 Å². The van der Waals surface area contributed by atoms with Crippen molar-refractivity contribution in [1.82, 2.24) is 10.2 Å². The number of amides is 2. The lowest BCUT2D eigenvalue weighted by molar-refractivity contribution is -0.137. The molecule has 3 N–H and O–H groups in total. The van der Waals surface area contributed by atoms with Crippen molar-refractivity contribution in [2.24, 2.45) is 5.92 Å². The normalized spacial score (nSPS) is 12.2. The van der Waals surface area contributed by atoms with Gasteiger partial charge in [-0.2, -0.15) is 0 Å². The molecule has 0 fully saturated rings. The zero-order valence-electron chi connectivity index (χ0n) is 12.3. The fourth-order valence-corrected chi connectivity index (χ4v) is 2.57. The molecule has 0 aliphatic rings. The summed E-state index contributed by atoms with van der Waals surface area (Å²) in [5.41, 5.74) is 0. The summed E-state index contributed by atoms with van der Waals surface area (Å²) in [5.74, 6) is -0.927. The van der Waals surface area contributed by atoms with E-state index in [4.69, 9.17) is 10.2 Å². The molecule has 6 nitrogen and oxygen atoms in total. The van der Waals surface area contributed by atoms with Crippen molar-refractivity contribution in [3.05, 3.63) is 22.4 Å². The first-order valence-corrected chi connectivity index (χ1v) is 7.72. The van der Waals surface area contributed by atoms with Gasteiger partial charge < -0.3 is 20.4 Å². The molecule has 2 amide bonds. The standard InChI is InChI=1S/C14H22N2O4S/c1-10(2)12(8-13(18)19)15-14(20)16(5-6-17)9-11-4-3-7-21-11/h3-4,7,10,12,17H,5-6,8-9H2,1-2H3,(H,15,20)(H,18,19). The van der Waals surface area contributed by atoms with Gasteiger partial charge in [0.05, 0.1) is 19.6 Å². The molecule has 21 heavy (non-hydrogen) atoms. The fraction of sp³-hybridized carbons (Fsp3) is 0.571. The summed E-state index contributed by atoms with van der Waals surface area (Å²) in [6.45, 7) is 4.21. The molecule has 1 rings (SSSR count). The predicted molar refractivity (Wildman–Crippen MR) is 81.2 cm³/mol. The van der Waals surface area contributed by atoms with Crippen molar-refractivity contribution < 1.29 is 19.8 Å². The third kappa shape index (κ3) is 6.14. The van der Waals surface area contributed by atoms with Crippen molar-refractivity contribution >= 4 is 23.3 Å². The number of carboxylic acid groups (broad SMARTS) is 1. The molecule has 1 atom stereocenters. The van der Waals surface area contributed by atoms with Crippen LogP contribution in [0.4, 0.5) is 4.79 Å². The third-order valence-electron chi connectivity index (χ3n) is 3.09. The van der Waals surface area contributed by atoms with Crippen molar-refractivity contribution in [1.29, 1.82) is 0 Å². The highest BCUT2D eigenvalue weighted by Crippen LogP contribution is 2.13. The Labute approximate surface area is 128 Å². The van der Waals surface area contributed by atoms with Gasteiger partial charge in [-0.1, -0.05) is 19.9 Å². The van der Waals surface area contributed by atoms with Gasteiger partial charge in [0.2, 0.25) is 0 Å². The van der Waals surface area contributed by atoms with Gasteiger partial charge in [0.1, 0.15) is 0 Å². The smallest absolute Gasteiger partial charge is 0.318 e. The molecule has 1 aromatic rings. The fourth-order valence-electron chi connectivity index (χ4n) is 1.86. The molecule has 0 aliphatic heterocycles. The number of hydrogen-bond acceptors (Lipinski definition) is 4. The maximum absolute atomic E-state index is 12.3. The summed E-state index contributed by atoms with van der Waals surface area (Å²) in [4.78, 5) is 25.6. The lowest BCUT2D eigenvalue weighted by Crippen LogP contribution is -2.48. The molecular formula is C14H22N2O4S. The summed E-state index contributed by atoms with van der Waals surface area (Å²) in [6, 6.07) is 3.03. The number of aliphatic hydroxyl groups is 1. The van der Waals surface area contributed by atoms with Crippen molar-refractivity contribution in [2.45, 2.75) is 32.9 Å². The number of thiophene rings is 1. The van der Waals surface area contributed by atoms with Crippen LogP contribution in [-0.4, -0.2) is 46.3 Å². The summed E-state index contributed by atoms with van der Waals surface area (Å²) in [6.07, 6.45) is -0.116. The van der Waals surface area contributed by atoms with Gasteiger partial charge in [-0.3, -0.25) is 4.79 Å². The van der Waals surface area contributed by atoms with Crippen LogP contribution in [0.25, 0.3) is 0 Å². The van der Waals surface area contributed by atoms with Gasteiger partial charge in [0.15, 0.2) is 0 Å². The molecule has 0 saturated heterocycles. The van der Waals surface area contributed by atoms with E-state index in [0.717, 1.165) is 4.88 Å². The zero-order valence-corrected chi connectivity index (χ0v) is 13.1. The van der Waals surface area contributed by atoms with Crippen LogP contribution < -0.4 is 5.32 Å². The average Bonchev–Trinajstić information content (AvgIpc) is 2.89. The quantitative estimate of drug-likeness (QED) is 0.682. The number of carbonyl (C=O) groups is 2. The van der Waals surface area contributed by atoms with Gasteiger partial charge in [-0.15, -0.1) is 11.3 Å². The first-order chi connectivity index (χ1) is 9.93. The largest absolute Gasteiger partial charge is 0.481 e. The average molecular weight is 314 g/mol. The lowest BCUT2D eigenvalue weighted by Gasteiger charge is -2.27. The van der Waals surface area contributed by atoms with E-state index in [0.29, 0.717) is 6.54 Å². The van der Waals surface area contributed by atoms with Crippen LogP contribution in [0, 0.1) is 5.92 Å². The monoisotopic (exact) mass is 314 g/mol. The molecule has 0 radical (unpaired) electrons. The SMILES string of the molecule is CC(C)C(CC(=O)O)NC(=O)N(CCO)Cc1cccs1.